The molecule has 2 heterocycles. The van der Waals surface area contributed by atoms with Crippen LogP contribution >= 0.6 is 11.3 Å². The van der Waals surface area contributed by atoms with Crippen molar-refractivity contribution in [2.75, 3.05) is 6.61 Å². The van der Waals surface area contributed by atoms with E-state index in [4.69, 9.17) is 14.2 Å². The highest BCUT2D eigenvalue weighted by Crippen LogP contribution is 2.46. The fourth-order valence-corrected chi connectivity index (χ4v) is 5.52. The maximum absolute atomic E-state index is 12.1. The Bertz CT molecular complexity index is 1020. The zero-order chi connectivity index (χ0) is 23.7. The summed E-state index contributed by atoms with van der Waals surface area (Å²) in [4.78, 5) is 27.1. The molecule has 1 aromatic carbocycles. The molecule has 1 aliphatic carbocycles. The lowest BCUT2D eigenvalue weighted by Crippen LogP contribution is -2.33. The van der Waals surface area contributed by atoms with Crippen molar-refractivity contribution in [2.45, 2.75) is 64.4 Å². The number of hydrogen-bond donors (Lipinski definition) is 1. The van der Waals surface area contributed by atoms with Crippen LogP contribution in [0.5, 0.6) is 5.75 Å². The highest BCUT2D eigenvalue weighted by Gasteiger charge is 2.47. The van der Waals surface area contributed by atoms with Crippen LogP contribution in [0, 0.1) is 28.9 Å². The van der Waals surface area contributed by atoms with Crippen molar-refractivity contribution in [1.29, 1.82) is 0 Å². The van der Waals surface area contributed by atoms with Gasteiger partial charge in [0.25, 0.3) is 5.69 Å². The number of ether oxygens (including phenoxy) is 3. The van der Waals surface area contributed by atoms with Gasteiger partial charge in [-0.15, -0.1) is 11.3 Å². The van der Waals surface area contributed by atoms with Gasteiger partial charge in [0, 0.05) is 29.3 Å². The molecule has 2 aliphatic rings. The molecule has 1 aliphatic heterocycles. The van der Waals surface area contributed by atoms with E-state index in [1.165, 1.54) is 17.4 Å². The molecule has 178 valence electrons. The van der Waals surface area contributed by atoms with Crippen LogP contribution in [0.3, 0.4) is 0 Å². The number of fused-ring (bicyclic) bond motifs is 1. The van der Waals surface area contributed by atoms with Crippen LogP contribution in [0.2, 0.25) is 0 Å². The molecule has 1 N–H and O–H groups in total. The average molecular weight is 477 g/mol. The van der Waals surface area contributed by atoms with E-state index in [-0.39, 0.29) is 35.8 Å². The monoisotopic (exact) mass is 476 g/mol. The molecule has 10 heteroatoms. The first kappa shape index (κ1) is 23.6. The van der Waals surface area contributed by atoms with Gasteiger partial charge in [-0.25, -0.2) is 9.78 Å². The molecule has 9 nitrogen and oxygen atoms in total. The number of aryl methyl sites for hydroxylation is 1. The maximum Gasteiger partial charge on any atom is 0.358 e. The number of hydrogen-bond acceptors (Lipinski definition) is 9. The molecule has 0 unspecified atom stereocenters. The molecule has 0 amide bonds. The lowest BCUT2D eigenvalue weighted by atomic mass is 9.87. The molecule has 1 saturated heterocycles. The van der Waals surface area contributed by atoms with Crippen LogP contribution in [0.4, 0.5) is 5.69 Å². The van der Waals surface area contributed by atoms with E-state index in [1.54, 1.807) is 38.3 Å². The Balaban J connectivity index is 1.36. The molecule has 0 bridgehead atoms. The topological polar surface area (TPSA) is 121 Å². The van der Waals surface area contributed by atoms with Gasteiger partial charge in [0.05, 0.1) is 29.8 Å². The van der Waals surface area contributed by atoms with Crippen molar-refractivity contribution >= 4 is 23.0 Å². The Morgan fingerprint density at radius 1 is 1.39 bits per heavy atom. The quantitative estimate of drug-likeness (QED) is 0.358. The summed E-state index contributed by atoms with van der Waals surface area (Å²) in [7, 11) is 0. The Hall–Kier alpha value is -2.56. The standard InChI is InChI=1S/C23H28N2O7S/c1-12(2)31-23(27)17-11-33-22(24-17)20-7-5-15-16(19(26)9-21(15)32-20)10-30-14-4-6-18(25(28)29)13(3)8-14/h4,6,8,11-12,15-16,19-21,26H,5,7,9-10H2,1-3H3/t15-,16-,19-,20-,21+/m1/s1. The third-order valence-electron chi connectivity index (χ3n) is 6.25. The van der Waals surface area contributed by atoms with Gasteiger partial charge in [0.1, 0.15) is 16.9 Å². The Kier molecular flexibility index (Phi) is 6.96. The second-order valence-electron chi connectivity index (χ2n) is 8.91. The van der Waals surface area contributed by atoms with Crippen molar-refractivity contribution in [3.05, 3.63) is 50.0 Å². The first-order chi connectivity index (χ1) is 15.7. The zero-order valence-electron chi connectivity index (χ0n) is 18.8. The first-order valence-electron chi connectivity index (χ1n) is 11.1. The van der Waals surface area contributed by atoms with Gasteiger partial charge in [0.15, 0.2) is 5.69 Å². The molecule has 4 rings (SSSR count). The number of nitrogens with zero attached hydrogens (tertiary/aromatic N) is 2. The van der Waals surface area contributed by atoms with Crippen molar-refractivity contribution in [3.63, 3.8) is 0 Å². The predicted octanol–water partition coefficient (Wildman–Crippen LogP) is 4.22. The number of nitro groups is 1. The number of carbonyl (C=O) groups excluding carboxylic acids is 1. The van der Waals surface area contributed by atoms with Crippen molar-refractivity contribution in [2.24, 2.45) is 11.8 Å². The summed E-state index contributed by atoms with van der Waals surface area (Å²) in [6, 6.07) is 4.67. The minimum absolute atomic E-state index is 0.0536. The number of thiazole rings is 1. The van der Waals surface area contributed by atoms with Crippen molar-refractivity contribution < 1.29 is 29.0 Å². The third-order valence-corrected chi connectivity index (χ3v) is 7.19. The van der Waals surface area contributed by atoms with E-state index >= 15 is 0 Å². The smallest absolute Gasteiger partial charge is 0.358 e. The lowest BCUT2D eigenvalue weighted by molar-refractivity contribution is -0.385. The number of carbonyl (C=O) groups is 1. The van der Waals surface area contributed by atoms with Gasteiger partial charge < -0.3 is 19.3 Å². The fourth-order valence-electron chi connectivity index (χ4n) is 4.66. The summed E-state index contributed by atoms with van der Waals surface area (Å²) in [6.07, 6.45) is 1.04. The van der Waals surface area contributed by atoms with Gasteiger partial charge in [-0.3, -0.25) is 10.1 Å². The number of nitro benzene ring substituents is 1. The van der Waals surface area contributed by atoms with Crippen LogP contribution in [0.15, 0.2) is 23.6 Å². The Morgan fingerprint density at radius 3 is 2.88 bits per heavy atom. The maximum atomic E-state index is 12.1. The molecular weight excluding hydrogens is 448 g/mol. The van der Waals surface area contributed by atoms with Gasteiger partial charge in [-0.1, -0.05) is 0 Å². The van der Waals surface area contributed by atoms with Gasteiger partial charge >= 0.3 is 5.97 Å². The minimum atomic E-state index is -0.550. The second kappa shape index (κ2) is 9.74. The average Bonchev–Trinajstić information content (AvgIpc) is 3.35. The summed E-state index contributed by atoms with van der Waals surface area (Å²) < 4.78 is 17.4. The molecule has 2 aromatic rings. The van der Waals surface area contributed by atoms with Crippen LogP contribution in [0.1, 0.15) is 60.3 Å². The zero-order valence-corrected chi connectivity index (χ0v) is 19.6. The highest BCUT2D eigenvalue weighted by atomic mass is 32.1. The van der Waals surface area contributed by atoms with Crippen molar-refractivity contribution in [1.82, 2.24) is 4.98 Å². The minimum Gasteiger partial charge on any atom is -0.493 e. The number of aliphatic hydroxyl groups is 1. The van der Waals surface area contributed by atoms with Crippen molar-refractivity contribution in [3.8, 4) is 5.75 Å². The molecule has 0 spiro atoms. The molecule has 1 saturated carbocycles. The van der Waals surface area contributed by atoms with Crippen LogP contribution < -0.4 is 4.74 Å². The number of rotatable bonds is 7. The van der Waals surface area contributed by atoms with Crippen LogP contribution in [0.25, 0.3) is 0 Å². The predicted molar refractivity (Wildman–Crippen MR) is 120 cm³/mol. The highest BCUT2D eigenvalue weighted by molar-refractivity contribution is 7.09. The summed E-state index contributed by atoms with van der Waals surface area (Å²) in [6.45, 7) is 5.58. The first-order valence-corrected chi connectivity index (χ1v) is 12.0. The summed E-state index contributed by atoms with van der Waals surface area (Å²) in [5, 5.41) is 24.1. The molecular formula is C23H28N2O7S. The number of aliphatic hydroxyl groups excluding tert-OH is 1. The normalized spacial score (nSPS) is 26.8. The van der Waals surface area contributed by atoms with Crippen LogP contribution in [-0.4, -0.2) is 45.9 Å². The van der Waals surface area contributed by atoms with E-state index in [1.807, 2.05) is 0 Å². The Labute approximate surface area is 195 Å². The SMILES string of the molecule is Cc1cc(OC[C@@H]2[C@H]3CC[C@H](c4nc(C(=O)OC(C)C)cs4)O[C@H]3C[C@H]2O)ccc1[N+](=O)[O-]. The lowest BCUT2D eigenvalue weighted by Gasteiger charge is -2.33. The van der Waals surface area contributed by atoms with Gasteiger partial charge in [-0.2, -0.15) is 0 Å². The van der Waals surface area contributed by atoms with E-state index in [2.05, 4.69) is 4.98 Å². The Morgan fingerprint density at radius 2 is 2.18 bits per heavy atom. The molecule has 0 radical (unpaired) electrons. The van der Waals surface area contributed by atoms with E-state index in [9.17, 15) is 20.0 Å². The van der Waals surface area contributed by atoms with Crippen LogP contribution in [-0.2, 0) is 9.47 Å². The number of aromatic nitrogens is 1. The molecule has 5 atom stereocenters. The summed E-state index contributed by atoms with van der Waals surface area (Å²) in [5.41, 5.74) is 0.884. The molecule has 2 fully saturated rings. The fraction of sp³-hybridized carbons (Fsp3) is 0.565. The second-order valence-corrected chi connectivity index (χ2v) is 9.80. The van der Waals surface area contributed by atoms with E-state index < -0.39 is 17.0 Å². The summed E-state index contributed by atoms with van der Waals surface area (Å²) >= 11 is 1.39. The van der Waals surface area contributed by atoms with Gasteiger partial charge in [0.2, 0.25) is 0 Å². The van der Waals surface area contributed by atoms with E-state index in [0.717, 1.165) is 17.8 Å². The van der Waals surface area contributed by atoms with Gasteiger partial charge in [-0.05, 0) is 51.7 Å². The largest absolute Gasteiger partial charge is 0.493 e. The molecule has 1 aromatic heterocycles. The number of esters is 1. The molecule has 33 heavy (non-hydrogen) atoms. The number of benzene rings is 1. The summed E-state index contributed by atoms with van der Waals surface area (Å²) in [5.74, 6) is 0.183. The van der Waals surface area contributed by atoms with E-state index in [0.29, 0.717) is 30.0 Å². The third kappa shape index (κ3) is 5.18.